The molecule has 1 aliphatic rings. The smallest absolute Gasteiger partial charge is 0.253 e. The highest BCUT2D eigenvalue weighted by Crippen LogP contribution is 2.28. The van der Waals surface area contributed by atoms with Gasteiger partial charge in [0.05, 0.1) is 17.0 Å². The zero-order chi connectivity index (χ0) is 19.6. The number of amides is 1. The SMILES string of the molecule is Cc1ccsc1CNC(=O)c1cc(S(=O)(=O)N(C)C)ccc1N1CCCC1. The lowest BCUT2D eigenvalue weighted by molar-refractivity contribution is 0.0951. The van der Waals surface area contributed by atoms with E-state index in [0.717, 1.165) is 46.4 Å². The van der Waals surface area contributed by atoms with Crippen LogP contribution in [0.1, 0.15) is 33.6 Å². The Hall–Kier alpha value is -1.90. The lowest BCUT2D eigenvalue weighted by atomic mass is 10.1. The molecule has 0 spiro atoms. The van der Waals surface area contributed by atoms with Gasteiger partial charge < -0.3 is 10.2 Å². The van der Waals surface area contributed by atoms with Gasteiger partial charge in [-0.05, 0) is 55.0 Å². The molecule has 0 unspecified atom stereocenters. The predicted molar refractivity (Wildman–Crippen MR) is 109 cm³/mol. The van der Waals surface area contributed by atoms with E-state index in [2.05, 4.69) is 10.2 Å². The minimum absolute atomic E-state index is 0.132. The first-order valence-corrected chi connectivity index (χ1v) is 11.3. The molecule has 1 N–H and O–H groups in total. The van der Waals surface area contributed by atoms with Crippen molar-refractivity contribution < 1.29 is 13.2 Å². The first kappa shape index (κ1) is 19.9. The van der Waals surface area contributed by atoms with Crippen LogP contribution in [0.15, 0.2) is 34.5 Å². The molecule has 0 bridgehead atoms. The highest BCUT2D eigenvalue weighted by Gasteiger charge is 2.24. The van der Waals surface area contributed by atoms with Crippen molar-refractivity contribution in [3.63, 3.8) is 0 Å². The Morgan fingerprint density at radius 2 is 1.93 bits per heavy atom. The number of nitrogens with one attached hydrogen (secondary N) is 1. The van der Waals surface area contributed by atoms with Crippen LogP contribution in [0.5, 0.6) is 0 Å². The zero-order valence-corrected chi connectivity index (χ0v) is 17.5. The van der Waals surface area contributed by atoms with Gasteiger partial charge in [-0.1, -0.05) is 0 Å². The molecule has 1 aromatic heterocycles. The van der Waals surface area contributed by atoms with Gasteiger partial charge in [-0.2, -0.15) is 0 Å². The summed E-state index contributed by atoms with van der Waals surface area (Å²) >= 11 is 1.60. The number of aryl methyl sites for hydroxylation is 1. The molecule has 2 aromatic rings. The Morgan fingerprint density at radius 3 is 2.52 bits per heavy atom. The number of thiophene rings is 1. The van der Waals surface area contributed by atoms with Gasteiger partial charge in [0.2, 0.25) is 10.0 Å². The fraction of sp³-hybridized carbons (Fsp3) is 0.421. The molecule has 1 aromatic carbocycles. The van der Waals surface area contributed by atoms with Gasteiger partial charge in [0.25, 0.3) is 5.91 Å². The van der Waals surface area contributed by atoms with E-state index in [9.17, 15) is 13.2 Å². The van der Waals surface area contributed by atoms with Crippen LogP contribution in [0.3, 0.4) is 0 Å². The highest BCUT2D eigenvalue weighted by molar-refractivity contribution is 7.89. The minimum Gasteiger partial charge on any atom is -0.371 e. The minimum atomic E-state index is -3.60. The Morgan fingerprint density at radius 1 is 1.22 bits per heavy atom. The molecule has 6 nitrogen and oxygen atoms in total. The molecule has 0 radical (unpaired) electrons. The molecule has 0 saturated carbocycles. The fourth-order valence-electron chi connectivity index (χ4n) is 3.14. The lowest BCUT2D eigenvalue weighted by Gasteiger charge is -2.22. The van der Waals surface area contributed by atoms with Crippen LogP contribution in [0, 0.1) is 6.92 Å². The van der Waals surface area contributed by atoms with E-state index in [1.807, 2.05) is 18.4 Å². The third-order valence-electron chi connectivity index (χ3n) is 4.82. The van der Waals surface area contributed by atoms with Crippen molar-refractivity contribution >= 4 is 33.0 Å². The van der Waals surface area contributed by atoms with E-state index in [1.54, 1.807) is 23.5 Å². The van der Waals surface area contributed by atoms with Crippen molar-refractivity contribution in [2.75, 3.05) is 32.1 Å². The van der Waals surface area contributed by atoms with Crippen LogP contribution in [0.25, 0.3) is 0 Å². The third-order valence-corrected chi connectivity index (χ3v) is 7.65. The average molecular weight is 408 g/mol. The summed E-state index contributed by atoms with van der Waals surface area (Å²) in [5, 5.41) is 4.95. The number of hydrogen-bond acceptors (Lipinski definition) is 5. The summed E-state index contributed by atoms with van der Waals surface area (Å²) < 4.78 is 26.2. The van der Waals surface area contributed by atoms with Gasteiger partial charge >= 0.3 is 0 Å². The predicted octanol–water partition coefficient (Wildman–Crippen LogP) is 2.84. The summed E-state index contributed by atoms with van der Waals surface area (Å²) in [6.07, 6.45) is 2.15. The molecule has 1 aliphatic heterocycles. The van der Waals surface area contributed by atoms with Crippen LogP contribution in [0.4, 0.5) is 5.69 Å². The summed E-state index contributed by atoms with van der Waals surface area (Å²) in [5.41, 5.74) is 2.35. The van der Waals surface area contributed by atoms with E-state index in [-0.39, 0.29) is 10.8 Å². The van der Waals surface area contributed by atoms with E-state index >= 15 is 0 Å². The molecule has 3 rings (SSSR count). The van der Waals surface area contributed by atoms with Crippen molar-refractivity contribution in [1.82, 2.24) is 9.62 Å². The second kappa shape index (κ2) is 8.00. The summed E-state index contributed by atoms with van der Waals surface area (Å²) in [7, 11) is -0.623. The maximum atomic E-state index is 12.9. The molecule has 146 valence electrons. The van der Waals surface area contributed by atoms with Crippen LogP contribution in [0.2, 0.25) is 0 Å². The monoisotopic (exact) mass is 407 g/mol. The maximum absolute atomic E-state index is 12.9. The Kier molecular flexibility index (Phi) is 5.88. The van der Waals surface area contributed by atoms with Gasteiger partial charge in [-0.3, -0.25) is 4.79 Å². The first-order chi connectivity index (χ1) is 12.8. The standard InChI is InChI=1S/C19H25N3O3S2/c1-14-8-11-26-18(14)13-20-19(23)16-12-15(27(24,25)21(2)3)6-7-17(16)22-9-4-5-10-22/h6-8,11-12H,4-5,9-10,13H2,1-3H3,(H,20,23). The second-order valence-corrected chi connectivity index (χ2v) is 10.0. The number of hydrogen-bond donors (Lipinski definition) is 1. The van der Waals surface area contributed by atoms with Crippen LogP contribution in [-0.4, -0.2) is 45.8 Å². The van der Waals surface area contributed by atoms with Crippen molar-refractivity contribution in [2.24, 2.45) is 0 Å². The van der Waals surface area contributed by atoms with E-state index < -0.39 is 10.0 Å². The molecule has 0 aliphatic carbocycles. The summed E-state index contributed by atoms with van der Waals surface area (Å²) in [6, 6.07) is 6.86. The quantitative estimate of drug-likeness (QED) is 0.799. The number of carbonyl (C=O) groups excluding carboxylic acids is 1. The van der Waals surface area contributed by atoms with Crippen molar-refractivity contribution in [2.45, 2.75) is 31.2 Å². The topological polar surface area (TPSA) is 69.7 Å². The molecule has 1 amide bonds. The van der Waals surface area contributed by atoms with E-state index in [1.165, 1.54) is 20.2 Å². The van der Waals surface area contributed by atoms with Gasteiger partial charge in [-0.25, -0.2) is 12.7 Å². The summed E-state index contributed by atoms with van der Waals surface area (Å²) in [4.78, 5) is 16.3. The second-order valence-electron chi connectivity index (χ2n) is 6.87. The van der Waals surface area contributed by atoms with Crippen molar-refractivity contribution in [1.29, 1.82) is 0 Å². The van der Waals surface area contributed by atoms with Crippen molar-refractivity contribution in [3.8, 4) is 0 Å². The van der Waals surface area contributed by atoms with E-state index in [0.29, 0.717) is 12.1 Å². The normalized spacial score (nSPS) is 14.7. The molecular formula is C19H25N3O3S2. The lowest BCUT2D eigenvalue weighted by Crippen LogP contribution is -2.28. The molecule has 27 heavy (non-hydrogen) atoms. The number of nitrogens with zero attached hydrogens (tertiary/aromatic N) is 2. The van der Waals surface area contributed by atoms with Gasteiger partial charge in [0.1, 0.15) is 0 Å². The summed E-state index contributed by atoms with van der Waals surface area (Å²) in [5.74, 6) is -0.250. The summed E-state index contributed by atoms with van der Waals surface area (Å²) in [6.45, 7) is 4.21. The molecular weight excluding hydrogens is 382 g/mol. The largest absolute Gasteiger partial charge is 0.371 e. The van der Waals surface area contributed by atoms with E-state index in [4.69, 9.17) is 0 Å². The van der Waals surface area contributed by atoms with Crippen LogP contribution >= 0.6 is 11.3 Å². The first-order valence-electron chi connectivity index (χ1n) is 8.93. The van der Waals surface area contributed by atoms with Gasteiger partial charge in [0, 0.05) is 37.7 Å². The molecule has 1 fully saturated rings. The molecule has 1 saturated heterocycles. The number of sulfonamides is 1. The number of rotatable bonds is 6. The van der Waals surface area contributed by atoms with Gasteiger partial charge in [-0.15, -0.1) is 11.3 Å². The molecule has 0 atom stereocenters. The third kappa shape index (κ3) is 4.17. The number of anilines is 1. The average Bonchev–Trinajstić information content (AvgIpc) is 3.30. The Balaban J connectivity index is 1.93. The van der Waals surface area contributed by atoms with Crippen LogP contribution < -0.4 is 10.2 Å². The Labute approximate surface area is 164 Å². The maximum Gasteiger partial charge on any atom is 0.253 e. The zero-order valence-electron chi connectivity index (χ0n) is 15.9. The fourth-order valence-corrected chi connectivity index (χ4v) is 4.92. The number of benzene rings is 1. The van der Waals surface area contributed by atoms with Crippen LogP contribution in [-0.2, 0) is 16.6 Å². The highest BCUT2D eigenvalue weighted by atomic mass is 32.2. The van der Waals surface area contributed by atoms with Gasteiger partial charge in [0.15, 0.2) is 0 Å². The molecule has 2 heterocycles. The molecule has 8 heteroatoms. The number of carbonyl (C=O) groups is 1. The van der Waals surface area contributed by atoms with Crippen molar-refractivity contribution in [3.05, 3.63) is 45.6 Å². The Bertz CT molecular complexity index is 929.